The first-order valence-corrected chi connectivity index (χ1v) is 10.8. The van der Waals surface area contributed by atoms with Gasteiger partial charge < -0.3 is 15.4 Å². The van der Waals surface area contributed by atoms with Gasteiger partial charge in [-0.15, -0.1) is 0 Å². The number of piperidine rings is 1. The standard InChI is InChI=1S/C18H27F3N4O3S/c1-14(28-16-6-4-3-5-7-16)12-23-17(22-2)24-13-15-8-10-25(11-9-15)29(26,27)18(19,20)21/h3-7,14-15H,8-13H2,1-2H3,(H2,22,23,24). The Labute approximate surface area is 169 Å². The Kier molecular flexibility index (Phi) is 8.14. The Morgan fingerprint density at radius 3 is 2.41 bits per heavy atom. The van der Waals surface area contributed by atoms with Crippen LogP contribution in [0.15, 0.2) is 35.3 Å². The van der Waals surface area contributed by atoms with Crippen molar-refractivity contribution in [3.05, 3.63) is 30.3 Å². The summed E-state index contributed by atoms with van der Waals surface area (Å²) in [6.45, 7) is 2.65. The Balaban J connectivity index is 1.72. The SMILES string of the molecule is CN=C(NCC1CCN(S(=O)(=O)C(F)(F)F)CC1)NCC(C)Oc1ccccc1. The van der Waals surface area contributed by atoms with Crippen molar-refractivity contribution in [3.63, 3.8) is 0 Å². The predicted octanol–water partition coefficient (Wildman–Crippen LogP) is 2.18. The number of halogens is 3. The van der Waals surface area contributed by atoms with Crippen LogP contribution in [-0.4, -0.2) is 63.5 Å². The van der Waals surface area contributed by atoms with Gasteiger partial charge in [-0.3, -0.25) is 4.99 Å². The Bertz CT molecular complexity index is 764. The Morgan fingerprint density at radius 1 is 1.24 bits per heavy atom. The lowest BCUT2D eigenvalue weighted by Crippen LogP contribution is -2.47. The van der Waals surface area contributed by atoms with Crippen LogP contribution in [0.5, 0.6) is 5.75 Å². The monoisotopic (exact) mass is 436 g/mol. The van der Waals surface area contributed by atoms with Crippen LogP contribution in [0.4, 0.5) is 13.2 Å². The summed E-state index contributed by atoms with van der Waals surface area (Å²) in [5, 5.41) is 6.28. The molecule has 29 heavy (non-hydrogen) atoms. The number of benzene rings is 1. The van der Waals surface area contributed by atoms with E-state index in [1.54, 1.807) is 7.05 Å². The van der Waals surface area contributed by atoms with Crippen molar-refractivity contribution >= 4 is 16.0 Å². The van der Waals surface area contributed by atoms with Crippen molar-refractivity contribution in [3.8, 4) is 5.75 Å². The van der Waals surface area contributed by atoms with E-state index in [1.807, 2.05) is 37.3 Å². The summed E-state index contributed by atoms with van der Waals surface area (Å²) < 4.78 is 67.1. The first-order chi connectivity index (χ1) is 13.6. The summed E-state index contributed by atoms with van der Waals surface area (Å²) >= 11 is 0. The molecule has 1 atom stereocenters. The van der Waals surface area contributed by atoms with Gasteiger partial charge in [0.05, 0.1) is 6.54 Å². The van der Waals surface area contributed by atoms with E-state index in [0.29, 0.717) is 36.2 Å². The second kappa shape index (κ2) is 10.1. The molecule has 7 nitrogen and oxygen atoms in total. The van der Waals surface area contributed by atoms with Crippen LogP contribution >= 0.6 is 0 Å². The first-order valence-electron chi connectivity index (χ1n) is 9.36. The molecule has 164 valence electrons. The number of para-hydroxylation sites is 1. The van der Waals surface area contributed by atoms with Gasteiger partial charge >= 0.3 is 15.5 Å². The average molecular weight is 437 g/mol. The second-order valence-electron chi connectivity index (χ2n) is 6.87. The van der Waals surface area contributed by atoms with Crippen LogP contribution in [0, 0.1) is 5.92 Å². The summed E-state index contributed by atoms with van der Waals surface area (Å²) in [6.07, 6.45) is 0.603. The molecule has 2 N–H and O–H groups in total. The van der Waals surface area contributed by atoms with Gasteiger partial charge in [0.2, 0.25) is 0 Å². The molecule has 1 unspecified atom stereocenters. The molecule has 1 saturated heterocycles. The average Bonchev–Trinajstić information content (AvgIpc) is 2.68. The second-order valence-corrected chi connectivity index (χ2v) is 8.80. The molecular weight excluding hydrogens is 409 g/mol. The molecular formula is C18H27F3N4O3S. The highest BCUT2D eigenvalue weighted by atomic mass is 32.2. The lowest BCUT2D eigenvalue weighted by molar-refractivity contribution is -0.0496. The topological polar surface area (TPSA) is 83.0 Å². The molecule has 0 aliphatic carbocycles. The molecule has 1 aromatic carbocycles. The highest BCUT2D eigenvalue weighted by molar-refractivity contribution is 7.90. The van der Waals surface area contributed by atoms with Crippen LogP contribution in [0.1, 0.15) is 19.8 Å². The maximum atomic E-state index is 12.6. The van der Waals surface area contributed by atoms with Crippen LogP contribution < -0.4 is 15.4 Å². The summed E-state index contributed by atoms with van der Waals surface area (Å²) in [5.41, 5.74) is -5.25. The van der Waals surface area contributed by atoms with Crippen molar-refractivity contribution in [1.29, 1.82) is 0 Å². The van der Waals surface area contributed by atoms with E-state index in [0.717, 1.165) is 5.75 Å². The van der Waals surface area contributed by atoms with E-state index < -0.39 is 15.5 Å². The molecule has 0 aromatic heterocycles. The number of hydrogen-bond donors (Lipinski definition) is 2. The fourth-order valence-electron chi connectivity index (χ4n) is 2.98. The molecule has 1 fully saturated rings. The van der Waals surface area contributed by atoms with Crippen LogP contribution in [0.3, 0.4) is 0 Å². The van der Waals surface area contributed by atoms with Crippen LogP contribution in [0.2, 0.25) is 0 Å². The smallest absolute Gasteiger partial charge is 0.489 e. The zero-order valence-electron chi connectivity index (χ0n) is 16.4. The van der Waals surface area contributed by atoms with E-state index in [-0.39, 0.29) is 25.1 Å². The zero-order chi connectivity index (χ0) is 21.5. The molecule has 1 aliphatic heterocycles. The highest BCUT2D eigenvalue weighted by Gasteiger charge is 2.50. The van der Waals surface area contributed by atoms with Crippen molar-refractivity contribution < 1.29 is 26.3 Å². The lowest BCUT2D eigenvalue weighted by Gasteiger charge is -2.31. The number of ether oxygens (including phenoxy) is 1. The molecule has 0 bridgehead atoms. The number of sulfonamides is 1. The number of aliphatic imine (C=N–C) groups is 1. The molecule has 1 aliphatic rings. The number of hydrogen-bond acceptors (Lipinski definition) is 4. The summed E-state index contributed by atoms with van der Waals surface area (Å²) in [4.78, 5) is 4.12. The van der Waals surface area contributed by atoms with Crippen LogP contribution in [-0.2, 0) is 10.0 Å². The van der Waals surface area contributed by atoms with E-state index >= 15 is 0 Å². The summed E-state index contributed by atoms with van der Waals surface area (Å²) in [5.74, 6) is 1.38. The van der Waals surface area contributed by atoms with Gasteiger partial charge in [-0.25, -0.2) is 8.42 Å². The number of guanidine groups is 1. The maximum Gasteiger partial charge on any atom is 0.511 e. The quantitative estimate of drug-likeness (QED) is 0.506. The van der Waals surface area contributed by atoms with Crippen molar-refractivity contribution in [2.45, 2.75) is 31.4 Å². The van der Waals surface area contributed by atoms with E-state index in [1.165, 1.54) is 0 Å². The minimum absolute atomic E-state index is 0.0613. The minimum Gasteiger partial charge on any atom is -0.489 e. The van der Waals surface area contributed by atoms with Crippen molar-refractivity contribution in [2.24, 2.45) is 10.9 Å². The molecule has 2 rings (SSSR count). The van der Waals surface area contributed by atoms with Crippen LogP contribution in [0.25, 0.3) is 0 Å². The maximum absolute atomic E-state index is 12.6. The largest absolute Gasteiger partial charge is 0.511 e. The third-order valence-electron chi connectivity index (χ3n) is 4.63. The fourth-order valence-corrected chi connectivity index (χ4v) is 3.96. The van der Waals surface area contributed by atoms with Gasteiger partial charge in [-0.1, -0.05) is 18.2 Å². The lowest BCUT2D eigenvalue weighted by atomic mass is 9.98. The molecule has 11 heteroatoms. The first kappa shape index (κ1) is 23.3. The van der Waals surface area contributed by atoms with Gasteiger partial charge in [-0.2, -0.15) is 17.5 Å². The van der Waals surface area contributed by atoms with Gasteiger partial charge in [0, 0.05) is 26.7 Å². The zero-order valence-corrected chi connectivity index (χ0v) is 17.3. The number of alkyl halides is 3. The third kappa shape index (κ3) is 6.77. The molecule has 0 amide bonds. The predicted molar refractivity (Wildman–Crippen MR) is 105 cm³/mol. The highest BCUT2D eigenvalue weighted by Crippen LogP contribution is 2.30. The summed E-state index contributed by atoms with van der Waals surface area (Å²) in [7, 11) is -3.62. The molecule has 0 saturated carbocycles. The van der Waals surface area contributed by atoms with Crippen molar-refractivity contribution in [2.75, 3.05) is 33.2 Å². The molecule has 0 spiro atoms. The Hall–Kier alpha value is -2.01. The van der Waals surface area contributed by atoms with E-state index in [4.69, 9.17) is 4.74 Å². The van der Waals surface area contributed by atoms with E-state index in [9.17, 15) is 21.6 Å². The molecule has 1 heterocycles. The van der Waals surface area contributed by atoms with Gasteiger partial charge in [0.15, 0.2) is 5.96 Å². The Morgan fingerprint density at radius 2 is 1.86 bits per heavy atom. The number of nitrogens with zero attached hydrogens (tertiary/aromatic N) is 2. The summed E-state index contributed by atoms with van der Waals surface area (Å²) in [6, 6.07) is 9.43. The van der Waals surface area contributed by atoms with Gasteiger partial charge in [0.25, 0.3) is 0 Å². The fraction of sp³-hybridized carbons (Fsp3) is 0.611. The minimum atomic E-state index is -5.25. The van der Waals surface area contributed by atoms with Crippen molar-refractivity contribution in [1.82, 2.24) is 14.9 Å². The molecule has 1 aromatic rings. The number of rotatable bonds is 7. The third-order valence-corrected chi connectivity index (χ3v) is 6.26. The van der Waals surface area contributed by atoms with Gasteiger partial charge in [0.1, 0.15) is 11.9 Å². The van der Waals surface area contributed by atoms with E-state index in [2.05, 4.69) is 15.6 Å². The normalized spacial score (nSPS) is 18.3. The van der Waals surface area contributed by atoms with Gasteiger partial charge in [-0.05, 0) is 37.8 Å². The molecule has 0 radical (unpaired) electrons. The number of nitrogens with one attached hydrogen (secondary N) is 2.